The van der Waals surface area contributed by atoms with Gasteiger partial charge >= 0.3 is 183 Å². The van der Waals surface area contributed by atoms with Crippen LogP contribution in [0.15, 0.2) is 87.1 Å². The van der Waals surface area contributed by atoms with Gasteiger partial charge in [0, 0.05) is 39.3 Å². The first-order chi connectivity index (χ1) is 35.7. The zero-order chi connectivity index (χ0) is 52.5. The van der Waals surface area contributed by atoms with Crippen LogP contribution in [-0.2, 0) is 23.7 Å². The molecular weight excluding hydrogens is 1240 g/mol. The minimum atomic E-state index is -2.42. The third-order valence-electron chi connectivity index (χ3n) is 11.8. The van der Waals surface area contributed by atoms with E-state index in [9.17, 15) is 0 Å². The van der Waals surface area contributed by atoms with Gasteiger partial charge in [-0.25, -0.2) is 15.0 Å². The maximum absolute atomic E-state index is 8.67. The number of hydrogen-bond donors (Lipinski definition) is 2. The Hall–Kier alpha value is -2.20. The number of aromatic nitrogens is 4. The summed E-state index contributed by atoms with van der Waals surface area (Å²) in [5.41, 5.74) is 0. The number of hydrogen-bond acceptors (Lipinski definition) is 14. The molecule has 3 fully saturated rings. The van der Waals surface area contributed by atoms with E-state index >= 15 is 0 Å². The fraction of sp³-hybridized carbons (Fsp3) is 0.636. The molecule has 4 aromatic heterocycles. The molecule has 14 nitrogen and oxygen atoms in total. The third-order valence-corrected chi connectivity index (χ3v) is 28.4. The van der Waals surface area contributed by atoms with Crippen molar-refractivity contribution in [2.45, 2.75) is 156 Å². The first-order valence-electron chi connectivity index (χ1n) is 26.7. The van der Waals surface area contributed by atoms with Crippen molar-refractivity contribution < 1.29 is 48.1 Å². The van der Waals surface area contributed by atoms with E-state index in [0.717, 1.165) is 96.0 Å². The van der Waals surface area contributed by atoms with Gasteiger partial charge in [0.05, 0.1) is 38.4 Å². The minimum absolute atomic E-state index is 0.00492. The Bertz CT molecular complexity index is 1830. The smallest absolute Gasteiger partial charge is 0.137 e. The molecule has 0 spiro atoms. The number of ether oxygens (including phenoxy) is 8. The fourth-order valence-corrected chi connectivity index (χ4v) is 23.8. The SMILES string of the molecule is Brc1ccc(OCCCOC2CCCCO2)cn1.C1CCOC1.CCC[CH2][Sn]([CH2]CCC)([CH2]CCC)[c]1ccc(OCCCOC2CCCCO2)cn1.OCCCOc1ccc(Br)nc1.Oc1ccc(Br)nc1. The predicted molar refractivity (Wildman–Crippen MR) is 303 cm³/mol. The van der Waals surface area contributed by atoms with Gasteiger partial charge in [-0.05, 0) is 123 Å². The first kappa shape index (κ1) is 65.1. The molecule has 2 N–H and O–H groups in total. The number of unbranched alkanes of at least 4 members (excludes halogenated alkanes) is 3. The van der Waals surface area contributed by atoms with Crippen molar-refractivity contribution >= 4 is 69.9 Å². The van der Waals surface area contributed by atoms with Crippen LogP contribution in [0.2, 0.25) is 13.3 Å². The number of aromatic hydroxyl groups is 1. The molecule has 18 heteroatoms. The molecule has 0 radical (unpaired) electrons. The van der Waals surface area contributed by atoms with Gasteiger partial charge in [0.1, 0.15) is 31.1 Å². The van der Waals surface area contributed by atoms with Crippen LogP contribution in [-0.4, -0.2) is 127 Å². The van der Waals surface area contributed by atoms with Crippen LogP contribution in [0.1, 0.15) is 130 Å². The molecule has 2 atom stereocenters. The summed E-state index contributed by atoms with van der Waals surface area (Å²) in [5.74, 6) is 2.60. The van der Waals surface area contributed by atoms with Gasteiger partial charge in [-0.15, -0.1) is 0 Å². The molecule has 4 aromatic rings. The maximum atomic E-state index is 8.67. The summed E-state index contributed by atoms with van der Waals surface area (Å²) in [7, 11) is 0. The summed E-state index contributed by atoms with van der Waals surface area (Å²) < 4.78 is 52.4. The molecule has 0 aliphatic carbocycles. The Kier molecular flexibility index (Phi) is 38.2. The van der Waals surface area contributed by atoms with Crippen LogP contribution in [0.4, 0.5) is 0 Å². The summed E-state index contributed by atoms with van der Waals surface area (Å²) in [6.07, 6.45) is 26.4. The van der Waals surface area contributed by atoms with E-state index in [1.54, 1.807) is 24.5 Å². The Morgan fingerprint density at radius 2 is 0.932 bits per heavy atom. The maximum Gasteiger partial charge on any atom is 0.137 e. The van der Waals surface area contributed by atoms with Crippen LogP contribution >= 0.6 is 47.8 Å². The quantitative estimate of drug-likeness (QED) is 0.0346. The molecular formula is C55H85Br3N4O10Sn. The topological polar surface area (TPSA) is 166 Å². The monoisotopic (exact) mass is 1320 g/mol. The molecule has 73 heavy (non-hydrogen) atoms. The average molecular weight is 1320 g/mol. The zero-order valence-electron chi connectivity index (χ0n) is 43.9. The van der Waals surface area contributed by atoms with Crippen molar-refractivity contribution in [3.05, 3.63) is 87.1 Å². The Morgan fingerprint density at radius 1 is 0.507 bits per heavy atom. The summed E-state index contributed by atoms with van der Waals surface area (Å²) in [5, 5.41) is 17.2. The third kappa shape index (κ3) is 31.6. The van der Waals surface area contributed by atoms with Crippen LogP contribution in [0.5, 0.6) is 23.0 Å². The largest absolute Gasteiger partial charge is 0.506 e. The van der Waals surface area contributed by atoms with Crippen molar-refractivity contribution in [1.82, 2.24) is 19.9 Å². The minimum Gasteiger partial charge on any atom is -0.506 e. The summed E-state index contributed by atoms with van der Waals surface area (Å²) in [6, 6.07) is 15.1. The second kappa shape index (κ2) is 42.9. The van der Waals surface area contributed by atoms with Gasteiger partial charge in [0.2, 0.25) is 0 Å². The predicted octanol–water partition coefficient (Wildman–Crippen LogP) is 13.6. The van der Waals surface area contributed by atoms with Crippen LogP contribution in [0.3, 0.4) is 0 Å². The number of aliphatic hydroxyl groups is 1. The van der Waals surface area contributed by atoms with E-state index in [0.29, 0.717) is 39.5 Å². The molecule has 0 saturated carbocycles. The number of aliphatic hydroxyl groups excluding tert-OH is 1. The van der Waals surface area contributed by atoms with E-state index in [4.69, 9.17) is 53.1 Å². The Labute approximate surface area is 466 Å². The van der Waals surface area contributed by atoms with Crippen LogP contribution < -0.4 is 17.9 Å². The van der Waals surface area contributed by atoms with E-state index < -0.39 is 18.4 Å². The molecule has 3 aliphatic rings. The standard InChI is InChI=1S/C13H18BrNO3.C13H18NO3.C8H10BrNO2.C5H4BrNO.C4H8O.3C4H9.Sn/c14-12-6-5-11(10-15-12)16-8-3-9-18-13-4-1-2-7-17-13;1-2-8-16-13(6-1)17-10-4-9-15-12-5-3-7-14-11-12;9-8-3-2-7(6-10-8)12-5-1-4-11;6-5-2-1-4(8)3-7-5;1-2-4-5-3-1;3*1-3-4-2;/h5-6,10,13H,1-4,7-9H2;3,5,11,13H,1-2,4,6,8-10H2;2-3,6,11H,1,4-5H2;1-3,8H;1-4H2;3*1,3-4H2,2H3;. The zero-order valence-corrected chi connectivity index (χ0v) is 51.5. The van der Waals surface area contributed by atoms with E-state index in [-0.39, 0.29) is 24.9 Å². The summed E-state index contributed by atoms with van der Waals surface area (Å²) in [6.45, 7) is 14.0. The normalized spacial score (nSPS) is 16.2. The number of nitrogens with zero attached hydrogens (tertiary/aromatic N) is 4. The molecule has 3 aliphatic heterocycles. The van der Waals surface area contributed by atoms with Crippen molar-refractivity contribution in [1.29, 1.82) is 0 Å². The Morgan fingerprint density at radius 3 is 1.26 bits per heavy atom. The average Bonchev–Trinajstić information content (AvgIpc) is 4.03. The van der Waals surface area contributed by atoms with Gasteiger partial charge in [-0.3, -0.25) is 0 Å². The van der Waals surface area contributed by atoms with E-state index in [1.807, 2.05) is 30.5 Å². The molecule has 2 unspecified atom stereocenters. The Balaban J connectivity index is 0.000000274. The molecule has 0 amide bonds. The van der Waals surface area contributed by atoms with Gasteiger partial charge in [-0.2, -0.15) is 0 Å². The molecule has 7 heterocycles. The second-order valence-corrected chi connectivity index (χ2v) is 33.4. The van der Waals surface area contributed by atoms with Gasteiger partial charge in [-0.1, -0.05) is 0 Å². The van der Waals surface area contributed by atoms with Crippen molar-refractivity contribution in [3.8, 4) is 23.0 Å². The van der Waals surface area contributed by atoms with Gasteiger partial charge in [0.25, 0.3) is 0 Å². The molecule has 3 saturated heterocycles. The van der Waals surface area contributed by atoms with Crippen molar-refractivity contribution in [2.24, 2.45) is 0 Å². The van der Waals surface area contributed by atoms with Crippen LogP contribution in [0.25, 0.3) is 0 Å². The molecule has 0 aromatic carbocycles. The molecule has 0 bridgehead atoms. The van der Waals surface area contributed by atoms with E-state index in [1.165, 1.54) is 87.4 Å². The molecule has 410 valence electrons. The summed E-state index contributed by atoms with van der Waals surface area (Å²) in [4.78, 5) is 16.8. The first-order valence-corrected chi connectivity index (χ1v) is 36.6. The second-order valence-electron chi connectivity index (χ2n) is 17.9. The van der Waals surface area contributed by atoms with E-state index in [2.05, 4.69) is 95.6 Å². The van der Waals surface area contributed by atoms with Crippen molar-refractivity contribution in [2.75, 3.05) is 66.1 Å². The fourth-order valence-electron chi connectivity index (χ4n) is 7.72. The van der Waals surface area contributed by atoms with Gasteiger partial charge in [0.15, 0.2) is 6.29 Å². The van der Waals surface area contributed by atoms with Gasteiger partial charge < -0.3 is 33.9 Å². The number of rotatable bonds is 26. The number of halogens is 3. The van der Waals surface area contributed by atoms with Crippen LogP contribution in [0, 0.1) is 0 Å². The number of pyridine rings is 4. The van der Waals surface area contributed by atoms with Crippen molar-refractivity contribution in [3.63, 3.8) is 0 Å². The summed E-state index contributed by atoms with van der Waals surface area (Å²) >= 11 is 7.21. The molecule has 7 rings (SSSR count).